The van der Waals surface area contributed by atoms with Crippen molar-refractivity contribution in [2.24, 2.45) is 92.7 Å². The van der Waals surface area contributed by atoms with Gasteiger partial charge in [0, 0.05) is 51.7 Å². The number of aliphatic hydroxyl groups is 5. The summed E-state index contributed by atoms with van der Waals surface area (Å²) in [7, 11) is 1.99. The number of likely N-dealkylation sites (N-methyl/N-ethyl adjacent to an activating group) is 1. The van der Waals surface area contributed by atoms with Crippen molar-refractivity contribution in [1.29, 1.82) is 0 Å². The van der Waals surface area contributed by atoms with Crippen LogP contribution in [0.15, 0.2) is 78.4 Å². The molecule has 19 rings (SSSR count). The summed E-state index contributed by atoms with van der Waals surface area (Å²) in [6.45, 7) is 2.33. The standard InChI is InChI=1S/C75H93NO8/c1-44(49-11-3-4-12-49)51-16-19-62-68(80)70-26-22-54-32-53(17-18-61(54)70)52-14-6-10-47(31-52)29-45-8-5-9-46(28-45)30-48-20-24-69(37-48)25-21-50-13-7-15-55(40-77)58(50)35-63(76-2)59-34-56-38-74(82)71(41-69,66(56)60-36-65(79)84-67(59)60)27-23-64-72(42-70,43-78)75(62,83)57(33-51)39-73(64,74)81/h5-10,13-15,28,31,36,43-44,48-49,51,53-54,56-57,59,61-64,66-68,76-77,80-83H,3-4,11-12,16-20,22-24,26-27,29-30,32-35,37-42H2,1-2H3. The molecule has 3 spiro atoms. The molecule has 0 radical (unpaired) electrons. The molecular weight excluding hydrogens is 1040 g/mol. The number of hydrogen-bond acceptors (Lipinski definition) is 9. The smallest absolute Gasteiger partial charge is 0.331 e. The van der Waals surface area contributed by atoms with Gasteiger partial charge >= 0.3 is 5.97 Å². The topological polar surface area (TPSA) is 157 Å². The summed E-state index contributed by atoms with van der Waals surface area (Å²) < 4.78 is 6.60. The van der Waals surface area contributed by atoms with E-state index >= 15 is 15.0 Å². The molecule has 3 aromatic carbocycles. The van der Waals surface area contributed by atoms with Crippen molar-refractivity contribution in [2.45, 2.75) is 215 Å². The Kier molecular flexibility index (Phi) is 12.9. The van der Waals surface area contributed by atoms with E-state index in [2.05, 4.69) is 78.7 Å². The Morgan fingerprint density at radius 2 is 1.58 bits per heavy atom. The van der Waals surface area contributed by atoms with Crippen LogP contribution in [0, 0.1) is 105 Å². The molecule has 3 aromatic rings. The molecule has 16 aliphatic rings. The Morgan fingerprint density at radius 3 is 2.40 bits per heavy atom. The molecule has 22 atom stereocenters. The third kappa shape index (κ3) is 7.61. The molecule has 17 bridgehead atoms. The highest BCUT2D eigenvalue weighted by molar-refractivity contribution is 5.86. The first-order valence-corrected chi connectivity index (χ1v) is 33.9. The van der Waals surface area contributed by atoms with Crippen molar-refractivity contribution < 1.29 is 39.9 Å². The van der Waals surface area contributed by atoms with Gasteiger partial charge in [0.1, 0.15) is 18.0 Å². The lowest BCUT2D eigenvalue weighted by atomic mass is 9.32. The van der Waals surface area contributed by atoms with Crippen LogP contribution in [0.1, 0.15) is 193 Å². The molecule has 9 nitrogen and oxygen atoms in total. The highest BCUT2D eigenvalue weighted by Gasteiger charge is 2.85. The van der Waals surface area contributed by atoms with Crippen molar-refractivity contribution in [3.63, 3.8) is 0 Å². The van der Waals surface area contributed by atoms with Crippen LogP contribution in [0.25, 0.3) is 0 Å². The second-order valence-corrected chi connectivity index (χ2v) is 31.6. The number of fused-ring (bicyclic) bond motifs is 1. The number of aliphatic hydroxyl groups excluding tert-OH is 2. The van der Waals surface area contributed by atoms with Crippen LogP contribution in [0.4, 0.5) is 0 Å². The molecule has 10 saturated carbocycles. The fourth-order valence-electron chi connectivity index (χ4n) is 25.5. The zero-order valence-electron chi connectivity index (χ0n) is 50.1. The van der Waals surface area contributed by atoms with E-state index in [0.29, 0.717) is 87.4 Å². The minimum atomic E-state index is -1.79. The van der Waals surface area contributed by atoms with Gasteiger partial charge in [-0.05, 0) is 246 Å². The van der Waals surface area contributed by atoms with Crippen LogP contribution in [0.3, 0.4) is 0 Å². The average Bonchev–Trinajstić information content (AvgIpc) is 1.21. The van der Waals surface area contributed by atoms with Gasteiger partial charge in [0.05, 0.1) is 29.3 Å². The van der Waals surface area contributed by atoms with Crippen LogP contribution < -0.4 is 5.32 Å². The second-order valence-electron chi connectivity index (χ2n) is 31.6. The zero-order valence-corrected chi connectivity index (χ0v) is 50.1. The lowest BCUT2D eigenvalue weighted by Crippen LogP contribution is -2.82. The molecule has 0 saturated heterocycles. The van der Waals surface area contributed by atoms with Crippen LogP contribution >= 0.6 is 0 Å². The highest BCUT2D eigenvalue weighted by Crippen LogP contribution is 2.81. The number of carbonyl (C=O) groups is 2. The summed E-state index contributed by atoms with van der Waals surface area (Å²) in [6, 6.07) is 24.6. The van der Waals surface area contributed by atoms with Gasteiger partial charge in [0.2, 0.25) is 0 Å². The molecule has 15 aliphatic carbocycles. The monoisotopic (exact) mass is 1140 g/mol. The van der Waals surface area contributed by atoms with Gasteiger partial charge in [-0.15, -0.1) is 0 Å². The van der Waals surface area contributed by atoms with Gasteiger partial charge in [-0.1, -0.05) is 105 Å². The molecule has 0 amide bonds. The van der Waals surface area contributed by atoms with Crippen molar-refractivity contribution in [1.82, 2.24) is 5.32 Å². The predicted octanol–water partition coefficient (Wildman–Crippen LogP) is 11.3. The molecule has 10 fully saturated rings. The maximum Gasteiger partial charge on any atom is 0.331 e. The van der Waals surface area contributed by atoms with E-state index in [4.69, 9.17) is 4.74 Å². The quantitative estimate of drug-likeness (QED) is 0.0832. The summed E-state index contributed by atoms with van der Waals surface area (Å²) >= 11 is 0. The molecular formula is C75H93NO8. The first-order chi connectivity index (χ1) is 40.6. The molecule has 6 N–H and O–H groups in total. The molecule has 0 aromatic heterocycles. The van der Waals surface area contributed by atoms with Gasteiger partial charge < -0.3 is 40.4 Å². The summed E-state index contributed by atoms with van der Waals surface area (Å²) in [5.41, 5.74) is 0.394. The fraction of sp³-hybridized carbons (Fsp3) is 0.680. The normalized spacial score (nSPS) is 47.1. The number of ether oxygens (including phenoxy) is 1. The van der Waals surface area contributed by atoms with Gasteiger partial charge in [-0.2, -0.15) is 0 Å². The van der Waals surface area contributed by atoms with Crippen LogP contribution in [0.2, 0.25) is 0 Å². The van der Waals surface area contributed by atoms with Gasteiger partial charge in [0.15, 0.2) is 0 Å². The van der Waals surface area contributed by atoms with E-state index in [-0.39, 0.29) is 54.6 Å². The number of hydrogen-bond donors (Lipinski definition) is 6. The van der Waals surface area contributed by atoms with Crippen molar-refractivity contribution in [2.75, 3.05) is 7.05 Å². The number of esters is 1. The minimum Gasteiger partial charge on any atom is -0.454 e. The van der Waals surface area contributed by atoms with Crippen molar-refractivity contribution in [3.05, 3.63) is 117 Å². The summed E-state index contributed by atoms with van der Waals surface area (Å²) in [4.78, 5) is 29.9. The maximum atomic E-state index is 15.7. The third-order valence-electron chi connectivity index (χ3n) is 28.7. The Bertz CT molecular complexity index is 3240. The minimum absolute atomic E-state index is 0.116. The second kappa shape index (κ2) is 19.7. The number of aldehydes is 1. The molecule has 84 heavy (non-hydrogen) atoms. The first-order valence-electron chi connectivity index (χ1n) is 33.9. The number of nitrogens with one attached hydrogen (secondary N) is 1. The summed E-state index contributed by atoms with van der Waals surface area (Å²) in [5.74, 6) is 7.71. The fourth-order valence-corrected chi connectivity index (χ4v) is 25.5. The SMILES string of the molecule is CNC1Cc2c(cccc2CO)C#CC23CCC(Cc4cccc(c4)Cc4cccc(c4)C4CCC5C(CCC56CC5(C=O)C7CCC8(C2)C2C9=CC(=O)OC9C1CC2CC8(O)C7(O)CC1CC(C(C)C2CCCC2)CCC(C6O)C15O)C4)C3. The highest BCUT2D eigenvalue weighted by atomic mass is 16.5. The number of benzene rings is 3. The lowest BCUT2D eigenvalue weighted by Gasteiger charge is -2.74. The molecule has 9 heteroatoms. The van der Waals surface area contributed by atoms with Gasteiger partial charge in [-0.3, -0.25) is 0 Å². The van der Waals surface area contributed by atoms with E-state index in [1.54, 1.807) is 6.08 Å². The van der Waals surface area contributed by atoms with E-state index in [0.717, 1.165) is 99.2 Å². The van der Waals surface area contributed by atoms with Crippen LogP contribution in [-0.2, 0) is 40.2 Å². The third-order valence-corrected chi connectivity index (χ3v) is 28.7. The Morgan fingerprint density at radius 1 is 0.786 bits per heavy atom. The molecule has 1 aliphatic heterocycles. The lowest BCUT2D eigenvalue weighted by molar-refractivity contribution is -0.358. The van der Waals surface area contributed by atoms with Gasteiger partial charge in [-0.25, -0.2) is 4.79 Å². The Labute approximate surface area is 499 Å². The Hall–Kier alpha value is -4.14. The maximum absolute atomic E-state index is 15.7. The van der Waals surface area contributed by atoms with E-state index in [1.165, 1.54) is 47.9 Å². The Balaban J connectivity index is 0.923. The van der Waals surface area contributed by atoms with Crippen LogP contribution in [0.5, 0.6) is 0 Å². The van der Waals surface area contributed by atoms with Crippen molar-refractivity contribution >= 4 is 12.3 Å². The first kappa shape index (κ1) is 55.2. The summed E-state index contributed by atoms with van der Waals surface area (Å²) in [6.07, 6.45) is 21.4. The van der Waals surface area contributed by atoms with Crippen LogP contribution in [-0.4, -0.2) is 79.9 Å². The molecule has 22 unspecified atom stereocenters. The van der Waals surface area contributed by atoms with Gasteiger partial charge in [0.25, 0.3) is 0 Å². The molecule has 1 heterocycles. The van der Waals surface area contributed by atoms with E-state index in [9.17, 15) is 20.1 Å². The largest absolute Gasteiger partial charge is 0.454 e. The predicted molar refractivity (Wildman–Crippen MR) is 322 cm³/mol. The number of rotatable bonds is 5. The van der Waals surface area contributed by atoms with E-state index in [1.807, 2.05) is 19.2 Å². The number of carbonyl (C=O) groups excluding carboxylic acids is 2. The zero-order chi connectivity index (χ0) is 57.3. The van der Waals surface area contributed by atoms with Crippen molar-refractivity contribution in [3.8, 4) is 11.8 Å². The average molecular weight is 1140 g/mol. The van der Waals surface area contributed by atoms with E-state index < -0.39 is 68.4 Å². The summed E-state index contributed by atoms with van der Waals surface area (Å²) in [5, 5.41) is 74.2. The molecule has 446 valence electrons.